The Kier molecular flexibility index (Phi) is 4.11. The van der Waals surface area contributed by atoms with Gasteiger partial charge in [-0.1, -0.05) is 17.8 Å². The molecule has 0 bridgehead atoms. The summed E-state index contributed by atoms with van der Waals surface area (Å²) < 4.78 is 28.8. The molecule has 116 valence electrons. The van der Waals surface area contributed by atoms with Crippen molar-refractivity contribution in [2.45, 2.75) is 30.2 Å². The maximum Gasteiger partial charge on any atom is 0.277 e. The molecule has 1 amide bonds. The lowest BCUT2D eigenvalue weighted by atomic mass is 10.2. The van der Waals surface area contributed by atoms with Crippen molar-refractivity contribution in [1.29, 1.82) is 0 Å². The van der Waals surface area contributed by atoms with Crippen LogP contribution in [0.4, 0.5) is 0 Å². The van der Waals surface area contributed by atoms with E-state index in [0.29, 0.717) is 24.7 Å². The molecule has 3 heterocycles. The van der Waals surface area contributed by atoms with Gasteiger partial charge in [-0.25, -0.2) is 8.42 Å². The molecule has 0 saturated carbocycles. The largest absolute Gasteiger partial charge is 0.368 e. The van der Waals surface area contributed by atoms with Crippen molar-refractivity contribution < 1.29 is 17.9 Å². The van der Waals surface area contributed by atoms with E-state index in [2.05, 4.69) is 11.6 Å². The van der Waals surface area contributed by atoms with E-state index in [1.807, 2.05) is 4.90 Å². The Morgan fingerprint density at radius 1 is 1.52 bits per heavy atom. The van der Waals surface area contributed by atoms with Gasteiger partial charge in [0.05, 0.1) is 17.5 Å². The zero-order valence-electron chi connectivity index (χ0n) is 11.6. The van der Waals surface area contributed by atoms with Gasteiger partial charge in [-0.3, -0.25) is 4.79 Å². The van der Waals surface area contributed by atoms with Crippen LogP contribution in [-0.4, -0.2) is 66.4 Å². The lowest BCUT2D eigenvalue weighted by Gasteiger charge is -2.22. The van der Waals surface area contributed by atoms with Crippen LogP contribution in [0.2, 0.25) is 0 Å². The van der Waals surface area contributed by atoms with Crippen molar-refractivity contribution in [3.63, 3.8) is 0 Å². The van der Waals surface area contributed by atoms with E-state index >= 15 is 0 Å². The number of hydrogen-bond acceptors (Lipinski definition) is 5. The van der Waals surface area contributed by atoms with Crippen molar-refractivity contribution in [3.8, 4) is 0 Å². The zero-order chi connectivity index (χ0) is 15.0. The standard InChI is InChI=1S/C13H18N2O4S2/c1-2-5-15-9-7-21(17,18)8-11(9)20-13(15)14-12(16)10-4-3-6-19-10/h2,9-11H,1,3-8H2. The Balaban J connectivity index is 1.79. The van der Waals surface area contributed by atoms with Gasteiger partial charge in [-0.15, -0.1) is 6.58 Å². The van der Waals surface area contributed by atoms with Gasteiger partial charge in [0.15, 0.2) is 15.0 Å². The molecule has 21 heavy (non-hydrogen) atoms. The average Bonchev–Trinajstić information content (AvgIpc) is 3.08. The van der Waals surface area contributed by atoms with Crippen LogP contribution in [0.1, 0.15) is 12.8 Å². The molecule has 0 N–H and O–H groups in total. The number of amidine groups is 1. The molecule has 3 fully saturated rings. The highest BCUT2D eigenvalue weighted by molar-refractivity contribution is 8.15. The highest BCUT2D eigenvalue weighted by Gasteiger charge is 2.48. The first-order chi connectivity index (χ1) is 10.00. The highest BCUT2D eigenvalue weighted by atomic mass is 32.2. The van der Waals surface area contributed by atoms with Crippen LogP contribution >= 0.6 is 11.8 Å². The van der Waals surface area contributed by atoms with Crippen molar-refractivity contribution >= 4 is 32.7 Å². The summed E-state index contributed by atoms with van der Waals surface area (Å²) in [7, 11) is -2.99. The Morgan fingerprint density at radius 3 is 3.00 bits per heavy atom. The first-order valence-corrected chi connectivity index (χ1v) is 9.69. The number of amides is 1. The number of carbonyl (C=O) groups is 1. The monoisotopic (exact) mass is 330 g/mol. The van der Waals surface area contributed by atoms with Gasteiger partial charge in [-0.2, -0.15) is 4.99 Å². The third kappa shape index (κ3) is 3.02. The summed E-state index contributed by atoms with van der Waals surface area (Å²) >= 11 is 1.39. The summed E-state index contributed by atoms with van der Waals surface area (Å²) in [5.41, 5.74) is 0. The number of ether oxygens (including phenoxy) is 1. The number of fused-ring (bicyclic) bond motifs is 1. The second-order valence-corrected chi connectivity index (χ2v) is 8.84. The number of hydrogen-bond donors (Lipinski definition) is 0. The fourth-order valence-electron chi connectivity index (χ4n) is 2.93. The number of nitrogens with zero attached hydrogens (tertiary/aromatic N) is 2. The molecule has 0 radical (unpaired) electrons. The third-order valence-corrected chi connectivity index (χ3v) is 7.16. The van der Waals surface area contributed by atoms with Gasteiger partial charge in [0.25, 0.3) is 5.91 Å². The van der Waals surface area contributed by atoms with Gasteiger partial charge < -0.3 is 9.64 Å². The molecule has 3 atom stereocenters. The van der Waals surface area contributed by atoms with Gasteiger partial charge in [-0.05, 0) is 12.8 Å². The van der Waals surface area contributed by atoms with Crippen molar-refractivity contribution in [2.24, 2.45) is 4.99 Å². The summed E-state index contributed by atoms with van der Waals surface area (Å²) in [6, 6.07) is -0.103. The van der Waals surface area contributed by atoms with E-state index in [9.17, 15) is 13.2 Å². The molecule has 3 aliphatic heterocycles. The maximum absolute atomic E-state index is 12.1. The predicted octanol–water partition coefficient (Wildman–Crippen LogP) is 0.448. The molecule has 3 unspecified atom stereocenters. The Labute approximate surface area is 128 Å². The number of sulfone groups is 1. The van der Waals surface area contributed by atoms with Crippen LogP contribution in [0.5, 0.6) is 0 Å². The Bertz CT molecular complexity index is 581. The summed E-state index contributed by atoms with van der Waals surface area (Å²) in [5, 5.41) is 0.575. The zero-order valence-corrected chi connectivity index (χ0v) is 13.2. The molecule has 3 aliphatic rings. The maximum atomic E-state index is 12.1. The molecular formula is C13H18N2O4S2. The highest BCUT2D eigenvalue weighted by Crippen LogP contribution is 2.38. The molecule has 0 aliphatic carbocycles. The second-order valence-electron chi connectivity index (χ2n) is 5.48. The fourth-order valence-corrected chi connectivity index (χ4v) is 6.89. The molecule has 6 nitrogen and oxygen atoms in total. The topological polar surface area (TPSA) is 76.0 Å². The van der Waals surface area contributed by atoms with Gasteiger partial charge in [0.2, 0.25) is 0 Å². The van der Waals surface area contributed by atoms with Crippen LogP contribution in [-0.2, 0) is 19.4 Å². The first-order valence-electron chi connectivity index (χ1n) is 6.99. The fraction of sp³-hybridized carbons (Fsp3) is 0.692. The number of aliphatic imine (C=N–C) groups is 1. The summed E-state index contributed by atoms with van der Waals surface area (Å²) in [4.78, 5) is 18.2. The molecule has 0 aromatic carbocycles. The normalized spacial score (nSPS) is 36.1. The number of rotatable bonds is 3. The van der Waals surface area contributed by atoms with Crippen molar-refractivity contribution in [1.82, 2.24) is 4.90 Å². The molecule has 0 spiro atoms. The minimum atomic E-state index is -2.99. The van der Waals surface area contributed by atoms with E-state index < -0.39 is 15.9 Å². The van der Waals surface area contributed by atoms with E-state index in [4.69, 9.17) is 4.74 Å². The van der Waals surface area contributed by atoms with E-state index in [1.165, 1.54) is 11.8 Å². The van der Waals surface area contributed by atoms with Gasteiger partial charge >= 0.3 is 0 Å². The molecular weight excluding hydrogens is 312 g/mol. The smallest absolute Gasteiger partial charge is 0.277 e. The summed E-state index contributed by atoms with van der Waals surface area (Å²) in [6.45, 7) is 4.81. The lowest BCUT2D eigenvalue weighted by molar-refractivity contribution is -0.126. The van der Waals surface area contributed by atoms with Crippen LogP contribution in [0.3, 0.4) is 0 Å². The summed E-state index contributed by atoms with van der Waals surface area (Å²) in [6.07, 6.45) is 2.87. The molecule has 0 aromatic rings. The van der Waals surface area contributed by atoms with E-state index in [1.54, 1.807) is 6.08 Å². The second kappa shape index (κ2) is 5.73. The van der Waals surface area contributed by atoms with E-state index in [0.717, 1.165) is 6.42 Å². The SMILES string of the molecule is C=CCN1C(=NC(=O)C2CCCO2)SC2CS(=O)(=O)CC21. The third-order valence-electron chi connectivity index (χ3n) is 3.91. The molecule has 3 rings (SSSR count). The van der Waals surface area contributed by atoms with Crippen LogP contribution in [0, 0.1) is 0 Å². The quantitative estimate of drug-likeness (QED) is 0.699. The number of thioether (sulfide) groups is 1. The van der Waals surface area contributed by atoms with Crippen molar-refractivity contribution in [3.05, 3.63) is 12.7 Å². The Morgan fingerprint density at radius 2 is 2.33 bits per heavy atom. The molecule has 3 saturated heterocycles. The van der Waals surface area contributed by atoms with Gasteiger partial charge in [0, 0.05) is 18.4 Å². The predicted molar refractivity (Wildman–Crippen MR) is 82.1 cm³/mol. The Hall–Kier alpha value is -0.860. The average molecular weight is 330 g/mol. The van der Waals surface area contributed by atoms with Crippen LogP contribution in [0.15, 0.2) is 17.6 Å². The lowest BCUT2D eigenvalue weighted by Crippen LogP contribution is -2.38. The number of carbonyl (C=O) groups excluding carboxylic acids is 1. The molecule has 0 aromatic heterocycles. The first kappa shape index (κ1) is 15.1. The van der Waals surface area contributed by atoms with E-state index in [-0.39, 0.29) is 28.7 Å². The van der Waals surface area contributed by atoms with Gasteiger partial charge in [0.1, 0.15) is 6.10 Å². The van der Waals surface area contributed by atoms with Crippen LogP contribution < -0.4 is 0 Å². The minimum absolute atomic E-state index is 0.0361. The van der Waals surface area contributed by atoms with Crippen LogP contribution in [0.25, 0.3) is 0 Å². The summed E-state index contributed by atoms with van der Waals surface area (Å²) in [5.74, 6) is 0.0290. The molecule has 8 heteroatoms. The van der Waals surface area contributed by atoms with Crippen molar-refractivity contribution in [2.75, 3.05) is 24.7 Å². The minimum Gasteiger partial charge on any atom is -0.368 e.